The second-order valence-electron chi connectivity index (χ2n) is 9.26. The lowest BCUT2D eigenvalue weighted by Crippen LogP contribution is -2.54. The van der Waals surface area contributed by atoms with Crippen molar-refractivity contribution in [2.24, 2.45) is 0 Å². The highest BCUT2D eigenvalue weighted by molar-refractivity contribution is 9.10. The summed E-state index contributed by atoms with van der Waals surface area (Å²) >= 11 is 9.41. The van der Waals surface area contributed by atoms with Crippen molar-refractivity contribution in [2.45, 2.75) is 38.9 Å². The zero-order chi connectivity index (χ0) is 27.9. The molecule has 2 amide bonds. The summed E-state index contributed by atoms with van der Waals surface area (Å²) in [5.41, 5.74) is 1.98. The third-order valence-corrected chi connectivity index (χ3v) is 7.68. The number of amides is 2. The van der Waals surface area contributed by atoms with Gasteiger partial charge in [-0.2, -0.15) is 0 Å². The van der Waals surface area contributed by atoms with Gasteiger partial charge in [-0.3, -0.25) is 13.9 Å². The van der Waals surface area contributed by atoms with Crippen LogP contribution in [0.5, 0.6) is 0 Å². The number of hydrogen-bond acceptors (Lipinski definition) is 4. The SMILES string of the molecule is CC(C)NC(=O)[C@H](Cc1ccccc1)N(Cc1ccc(Br)cc1)C(=O)CN(c1ccc(Cl)cc1)S(C)(=O)=O. The fourth-order valence-corrected chi connectivity index (χ4v) is 5.18. The van der Waals surface area contributed by atoms with Crippen molar-refractivity contribution in [1.82, 2.24) is 10.2 Å². The summed E-state index contributed by atoms with van der Waals surface area (Å²) < 4.78 is 27.4. The smallest absolute Gasteiger partial charge is 0.244 e. The molecule has 0 heterocycles. The number of anilines is 1. The van der Waals surface area contributed by atoms with Gasteiger partial charge in [-0.15, -0.1) is 0 Å². The van der Waals surface area contributed by atoms with E-state index in [0.29, 0.717) is 10.7 Å². The first-order chi connectivity index (χ1) is 17.9. The standard InChI is InChI=1S/C28H31BrClN3O4S/c1-20(2)31-28(35)26(17-21-7-5-4-6-8-21)32(18-22-9-11-23(29)12-10-22)27(34)19-33(38(3,36)37)25-15-13-24(30)14-16-25/h4-16,20,26H,17-19H2,1-3H3,(H,31,35)/t26-/m0/s1. The Hall–Kier alpha value is -2.88. The van der Waals surface area contributed by atoms with Crippen LogP contribution in [0.2, 0.25) is 5.02 Å². The van der Waals surface area contributed by atoms with E-state index < -0.39 is 28.5 Å². The highest BCUT2D eigenvalue weighted by Gasteiger charge is 2.33. The summed E-state index contributed by atoms with van der Waals surface area (Å²) in [6, 6.07) is 22.1. The van der Waals surface area contributed by atoms with E-state index >= 15 is 0 Å². The van der Waals surface area contributed by atoms with Crippen molar-refractivity contribution in [2.75, 3.05) is 17.1 Å². The Balaban J connectivity index is 2.04. The van der Waals surface area contributed by atoms with Crippen LogP contribution in [0.1, 0.15) is 25.0 Å². The van der Waals surface area contributed by atoms with Crippen LogP contribution >= 0.6 is 27.5 Å². The molecule has 0 saturated heterocycles. The summed E-state index contributed by atoms with van der Waals surface area (Å²) in [4.78, 5) is 28.9. The van der Waals surface area contributed by atoms with Crippen molar-refractivity contribution in [3.05, 3.63) is 99.5 Å². The van der Waals surface area contributed by atoms with Crippen molar-refractivity contribution < 1.29 is 18.0 Å². The minimum Gasteiger partial charge on any atom is -0.352 e. The number of hydrogen-bond donors (Lipinski definition) is 1. The van der Waals surface area contributed by atoms with Crippen molar-refractivity contribution >= 4 is 55.1 Å². The lowest BCUT2D eigenvalue weighted by atomic mass is 10.0. The fourth-order valence-electron chi connectivity index (χ4n) is 3.94. The van der Waals surface area contributed by atoms with Crippen LogP contribution in [0.4, 0.5) is 5.69 Å². The first kappa shape index (κ1) is 29.7. The average molecular weight is 621 g/mol. The predicted molar refractivity (Wildman–Crippen MR) is 156 cm³/mol. The number of carbonyl (C=O) groups excluding carboxylic acids is 2. The van der Waals surface area contributed by atoms with E-state index in [2.05, 4.69) is 21.2 Å². The Kier molecular flexibility index (Phi) is 10.4. The fraction of sp³-hybridized carbons (Fsp3) is 0.286. The molecular weight excluding hydrogens is 590 g/mol. The quantitative estimate of drug-likeness (QED) is 0.326. The molecule has 202 valence electrons. The number of nitrogens with one attached hydrogen (secondary N) is 1. The van der Waals surface area contributed by atoms with Crippen molar-refractivity contribution in [3.8, 4) is 0 Å². The first-order valence-corrected chi connectivity index (χ1v) is 15.1. The first-order valence-electron chi connectivity index (χ1n) is 12.1. The van der Waals surface area contributed by atoms with E-state index in [4.69, 9.17) is 11.6 Å². The maximum absolute atomic E-state index is 13.9. The lowest BCUT2D eigenvalue weighted by Gasteiger charge is -2.34. The zero-order valence-corrected chi connectivity index (χ0v) is 24.6. The van der Waals surface area contributed by atoms with Gasteiger partial charge in [0.15, 0.2) is 0 Å². The second kappa shape index (κ2) is 13.3. The Morgan fingerprint density at radius 2 is 1.53 bits per heavy atom. The molecule has 0 spiro atoms. The van der Waals surface area contributed by atoms with Crippen molar-refractivity contribution in [3.63, 3.8) is 0 Å². The van der Waals surface area contributed by atoms with Crippen LogP contribution in [0.15, 0.2) is 83.3 Å². The molecule has 0 aliphatic rings. The van der Waals surface area contributed by atoms with E-state index in [1.165, 1.54) is 4.90 Å². The molecule has 0 bridgehead atoms. The number of sulfonamides is 1. The molecule has 7 nitrogen and oxygen atoms in total. The van der Waals surface area contributed by atoms with Gasteiger partial charge < -0.3 is 10.2 Å². The van der Waals surface area contributed by atoms with E-state index in [1.54, 1.807) is 24.3 Å². The number of benzene rings is 3. The Labute approximate surface area is 238 Å². The number of carbonyl (C=O) groups is 2. The molecular formula is C28H31BrClN3O4S. The molecule has 0 aliphatic heterocycles. The summed E-state index contributed by atoms with van der Waals surface area (Å²) in [6.07, 6.45) is 1.31. The topological polar surface area (TPSA) is 86.8 Å². The van der Waals surface area contributed by atoms with Gasteiger partial charge >= 0.3 is 0 Å². The van der Waals surface area contributed by atoms with Gasteiger partial charge in [-0.1, -0.05) is 70.0 Å². The molecule has 0 fully saturated rings. The second-order valence-corrected chi connectivity index (χ2v) is 12.5. The largest absolute Gasteiger partial charge is 0.352 e. The van der Waals surface area contributed by atoms with Crippen LogP contribution in [-0.2, 0) is 32.6 Å². The van der Waals surface area contributed by atoms with Gasteiger partial charge in [-0.25, -0.2) is 8.42 Å². The van der Waals surface area contributed by atoms with Crippen LogP contribution in [0.3, 0.4) is 0 Å². The molecule has 1 N–H and O–H groups in total. The molecule has 0 radical (unpaired) electrons. The summed E-state index contributed by atoms with van der Waals surface area (Å²) in [5.74, 6) is -0.820. The van der Waals surface area contributed by atoms with Crippen LogP contribution in [0.25, 0.3) is 0 Å². The minimum atomic E-state index is -3.83. The molecule has 1 atom stereocenters. The van der Waals surface area contributed by atoms with Gasteiger partial charge in [0.1, 0.15) is 12.6 Å². The Morgan fingerprint density at radius 1 is 0.921 bits per heavy atom. The molecule has 10 heteroatoms. The number of halogens is 2. The molecule has 0 unspecified atom stereocenters. The molecule has 3 aromatic carbocycles. The van der Waals surface area contributed by atoms with Crippen LogP contribution < -0.4 is 9.62 Å². The van der Waals surface area contributed by atoms with Gasteiger partial charge in [0.05, 0.1) is 11.9 Å². The Morgan fingerprint density at radius 3 is 2.08 bits per heavy atom. The zero-order valence-electron chi connectivity index (χ0n) is 21.5. The predicted octanol–water partition coefficient (Wildman–Crippen LogP) is 5.03. The normalized spacial score (nSPS) is 12.2. The van der Waals surface area contributed by atoms with Crippen LogP contribution in [-0.4, -0.2) is 50.0 Å². The average Bonchev–Trinajstić information content (AvgIpc) is 2.86. The molecule has 3 rings (SSSR count). The lowest BCUT2D eigenvalue weighted by molar-refractivity contribution is -0.140. The maximum atomic E-state index is 13.9. The van der Waals surface area contributed by atoms with Gasteiger partial charge in [-0.05, 0) is 61.4 Å². The third-order valence-electron chi connectivity index (χ3n) is 5.76. The molecule has 0 saturated carbocycles. The highest BCUT2D eigenvalue weighted by atomic mass is 79.9. The van der Waals surface area contributed by atoms with Crippen LogP contribution in [0, 0.1) is 0 Å². The van der Waals surface area contributed by atoms with E-state index in [9.17, 15) is 18.0 Å². The molecule has 38 heavy (non-hydrogen) atoms. The van der Waals surface area contributed by atoms with Gasteiger partial charge in [0.2, 0.25) is 21.8 Å². The molecule has 3 aromatic rings. The Bertz CT molecular complexity index is 1330. The van der Waals surface area contributed by atoms with Gasteiger partial charge in [0.25, 0.3) is 0 Å². The highest BCUT2D eigenvalue weighted by Crippen LogP contribution is 2.22. The number of rotatable bonds is 11. The van der Waals surface area contributed by atoms with Crippen molar-refractivity contribution in [1.29, 1.82) is 0 Å². The van der Waals surface area contributed by atoms with E-state index in [1.807, 2.05) is 68.4 Å². The minimum absolute atomic E-state index is 0.118. The monoisotopic (exact) mass is 619 g/mol. The summed E-state index contributed by atoms with van der Waals surface area (Å²) in [5, 5.41) is 3.37. The molecule has 0 aliphatic carbocycles. The maximum Gasteiger partial charge on any atom is 0.244 e. The third kappa shape index (κ3) is 8.58. The van der Waals surface area contributed by atoms with Gasteiger partial charge in [0, 0.05) is 28.5 Å². The summed E-state index contributed by atoms with van der Waals surface area (Å²) in [7, 11) is -3.83. The van der Waals surface area contributed by atoms with E-state index in [-0.39, 0.29) is 24.9 Å². The van der Waals surface area contributed by atoms with E-state index in [0.717, 1.165) is 26.2 Å². The molecule has 0 aromatic heterocycles. The number of nitrogens with zero attached hydrogens (tertiary/aromatic N) is 2. The summed E-state index contributed by atoms with van der Waals surface area (Å²) in [6.45, 7) is 3.35.